The summed E-state index contributed by atoms with van der Waals surface area (Å²) >= 11 is 4.78. The van der Waals surface area contributed by atoms with Gasteiger partial charge in [0, 0.05) is 18.6 Å². The van der Waals surface area contributed by atoms with E-state index in [9.17, 15) is 4.79 Å². The minimum Gasteiger partial charge on any atom is -0.493 e. The van der Waals surface area contributed by atoms with Gasteiger partial charge >= 0.3 is 0 Å². The average Bonchev–Trinajstić information content (AvgIpc) is 2.96. The van der Waals surface area contributed by atoms with Gasteiger partial charge in [-0.2, -0.15) is 0 Å². The zero-order valence-electron chi connectivity index (χ0n) is 15.2. The van der Waals surface area contributed by atoms with Gasteiger partial charge in [0.05, 0.1) is 12.0 Å². The lowest BCUT2D eigenvalue weighted by Gasteiger charge is -2.11. The number of benzene rings is 2. The minimum absolute atomic E-state index is 0.0601. The highest BCUT2D eigenvalue weighted by atomic mass is 79.9. The quantitative estimate of drug-likeness (QED) is 0.631. The number of carbonyl (C=O) groups is 1. The average molecular weight is 447 g/mol. The Morgan fingerprint density at radius 3 is 2.56 bits per heavy atom. The Morgan fingerprint density at radius 2 is 1.93 bits per heavy atom. The van der Waals surface area contributed by atoms with E-state index in [1.165, 1.54) is 11.8 Å². The van der Waals surface area contributed by atoms with Crippen LogP contribution in [-0.4, -0.2) is 37.2 Å². The third-order valence-corrected chi connectivity index (χ3v) is 5.67. The molecule has 1 aliphatic heterocycles. The summed E-state index contributed by atoms with van der Waals surface area (Å²) in [5.41, 5.74) is 1.93. The molecule has 0 N–H and O–H groups in total. The highest BCUT2D eigenvalue weighted by molar-refractivity contribution is 9.10. The van der Waals surface area contributed by atoms with Crippen molar-refractivity contribution in [2.75, 3.05) is 21.2 Å². The summed E-state index contributed by atoms with van der Waals surface area (Å²) in [6.45, 7) is 0.444. The van der Waals surface area contributed by atoms with Gasteiger partial charge in [0.2, 0.25) is 0 Å². The summed E-state index contributed by atoms with van der Waals surface area (Å²) < 4.78 is 12.4. The molecule has 1 heterocycles. The van der Waals surface area contributed by atoms with Crippen molar-refractivity contribution in [2.45, 2.75) is 6.61 Å². The van der Waals surface area contributed by atoms with Crippen LogP contribution in [0.3, 0.4) is 0 Å². The van der Waals surface area contributed by atoms with Gasteiger partial charge in [-0.25, -0.2) is 0 Å². The molecule has 0 saturated carbocycles. The van der Waals surface area contributed by atoms with Crippen LogP contribution in [0.2, 0.25) is 0 Å². The van der Waals surface area contributed by atoms with E-state index in [4.69, 9.17) is 9.47 Å². The Balaban J connectivity index is 1.77. The van der Waals surface area contributed by atoms with Gasteiger partial charge in [0.25, 0.3) is 5.91 Å². The third-order valence-electron chi connectivity index (χ3n) is 3.99. The number of hydrogen-bond donors (Lipinski definition) is 0. The van der Waals surface area contributed by atoms with Crippen LogP contribution in [-0.2, 0) is 11.4 Å². The predicted molar refractivity (Wildman–Crippen MR) is 113 cm³/mol. The van der Waals surface area contributed by atoms with Gasteiger partial charge in [-0.3, -0.25) is 14.7 Å². The van der Waals surface area contributed by atoms with Crippen LogP contribution in [0, 0.1) is 0 Å². The molecule has 1 aliphatic rings. The molecule has 0 radical (unpaired) electrons. The van der Waals surface area contributed by atoms with E-state index in [2.05, 4.69) is 20.9 Å². The number of likely N-dealkylation sites (N-methyl/N-ethyl adjacent to an activating group) is 1. The first-order valence-corrected chi connectivity index (χ1v) is 9.82. The molecule has 2 aromatic rings. The molecular formula is C20H19BrN2O3S. The van der Waals surface area contributed by atoms with E-state index in [1.54, 1.807) is 26.1 Å². The molecule has 0 bridgehead atoms. The Bertz CT molecular complexity index is 910. The van der Waals surface area contributed by atoms with Crippen LogP contribution in [0.25, 0.3) is 6.08 Å². The van der Waals surface area contributed by atoms with E-state index in [1.807, 2.05) is 48.5 Å². The van der Waals surface area contributed by atoms with E-state index < -0.39 is 0 Å². The van der Waals surface area contributed by atoms with Crippen molar-refractivity contribution in [3.05, 3.63) is 63.0 Å². The fourth-order valence-electron chi connectivity index (χ4n) is 2.54. The summed E-state index contributed by atoms with van der Waals surface area (Å²) in [5.74, 6) is 1.21. The summed E-state index contributed by atoms with van der Waals surface area (Å²) in [4.78, 5) is 18.6. The topological polar surface area (TPSA) is 51.1 Å². The Hall–Kier alpha value is -2.25. The summed E-state index contributed by atoms with van der Waals surface area (Å²) in [6, 6.07) is 13.6. The van der Waals surface area contributed by atoms with Gasteiger partial charge in [-0.15, -0.1) is 0 Å². The number of amides is 1. The van der Waals surface area contributed by atoms with Crippen molar-refractivity contribution in [2.24, 2.45) is 4.99 Å². The van der Waals surface area contributed by atoms with Gasteiger partial charge in [0.15, 0.2) is 16.7 Å². The summed E-state index contributed by atoms with van der Waals surface area (Å²) in [7, 11) is 5.00. The zero-order chi connectivity index (χ0) is 19.4. The first-order valence-electron chi connectivity index (χ1n) is 8.21. The normalized spacial score (nSPS) is 17.0. The number of aliphatic imine (C=N–C) groups is 1. The molecule has 0 spiro atoms. The molecule has 0 unspecified atom stereocenters. The van der Waals surface area contributed by atoms with Crippen molar-refractivity contribution < 1.29 is 14.3 Å². The summed E-state index contributed by atoms with van der Waals surface area (Å²) in [5, 5.41) is 0.688. The number of methoxy groups -OCH3 is 1. The smallest absolute Gasteiger partial charge is 0.266 e. The number of nitrogens with zero attached hydrogens (tertiary/aromatic N) is 2. The molecule has 5 nitrogen and oxygen atoms in total. The first kappa shape index (κ1) is 19.5. The van der Waals surface area contributed by atoms with Crippen LogP contribution in [0.4, 0.5) is 0 Å². The number of halogens is 1. The van der Waals surface area contributed by atoms with Gasteiger partial charge in [-0.05, 0) is 53.2 Å². The van der Waals surface area contributed by atoms with E-state index >= 15 is 0 Å². The lowest BCUT2D eigenvalue weighted by atomic mass is 10.2. The van der Waals surface area contributed by atoms with Crippen LogP contribution < -0.4 is 9.47 Å². The Kier molecular flexibility index (Phi) is 6.23. The minimum atomic E-state index is -0.0601. The number of thioether (sulfide) groups is 1. The molecule has 27 heavy (non-hydrogen) atoms. The zero-order valence-corrected chi connectivity index (χ0v) is 17.6. The number of carbonyl (C=O) groups excluding carboxylic acids is 1. The maximum absolute atomic E-state index is 12.3. The molecule has 140 valence electrons. The second-order valence-electron chi connectivity index (χ2n) is 5.81. The second-order valence-corrected chi connectivity index (χ2v) is 7.73. The van der Waals surface area contributed by atoms with E-state index in [0.717, 1.165) is 15.6 Å². The van der Waals surface area contributed by atoms with Gasteiger partial charge in [0.1, 0.15) is 6.61 Å². The van der Waals surface area contributed by atoms with E-state index in [0.29, 0.717) is 28.2 Å². The number of ether oxygens (including phenoxy) is 2. The monoisotopic (exact) mass is 446 g/mol. The van der Waals surface area contributed by atoms with Crippen molar-refractivity contribution in [1.82, 2.24) is 4.90 Å². The predicted octanol–water partition coefficient (Wildman–Crippen LogP) is 4.57. The molecule has 1 amide bonds. The largest absolute Gasteiger partial charge is 0.493 e. The standard InChI is InChI=1S/C20H19BrN2O3S/c1-22-20-23(2)19(24)18(27-20)11-14-6-9-16(17(10-14)25-3)26-12-13-4-7-15(21)8-5-13/h4-11H,12H2,1-3H3/b18-11-,22-20?. The van der Waals surface area contributed by atoms with Crippen LogP contribution in [0.15, 0.2) is 56.8 Å². The lowest BCUT2D eigenvalue weighted by Crippen LogP contribution is -2.23. The van der Waals surface area contributed by atoms with E-state index in [-0.39, 0.29) is 5.91 Å². The van der Waals surface area contributed by atoms with Crippen molar-refractivity contribution in [1.29, 1.82) is 0 Å². The molecule has 0 atom stereocenters. The Labute approximate surface area is 171 Å². The van der Waals surface area contributed by atoms with Crippen LogP contribution >= 0.6 is 27.7 Å². The SMILES string of the molecule is CN=C1S/C(=C\c2ccc(OCc3ccc(Br)cc3)c(OC)c2)C(=O)N1C. The van der Waals surface area contributed by atoms with Gasteiger partial charge in [-0.1, -0.05) is 34.1 Å². The molecule has 0 aliphatic carbocycles. The fourth-order valence-corrected chi connectivity index (χ4v) is 3.73. The third kappa shape index (κ3) is 4.54. The van der Waals surface area contributed by atoms with Crippen molar-refractivity contribution in [3.63, 3.8) is 0 Å². The second kappa shape index (κ2) is 8.63. The Morgan fingerprint density at radius 1 is 1.19 bits per heavy atom. The molecular weight excluding hydrogens is 428 g/mol. The molecule has 1 saturated heterocycles. The number of hydrogen-bond acceptors (Lipinski definition) is 5. The number of amidine groups is 1. The molecule has 3 rings (SSSR count). The molecule has 2 aromatic carbocycles. The highest BCUT2D eigenvalue weighted by Crippen LogP contribution is 2.34. The van der Waals surface area contributed by atoms with Crippen LogP contribution in [0.1, 0.15) is 11.1 Å². The molecule has 0 aromatic heterocycles. The number of rotatable bonds is 5. The first-order chi connectivity index (χ1) is 13.0. The van der Waals surface area contributed by atoms with Gasteiger partial charge < -0.3 is 9.47 Å². The highest BCUT2D eigenvalue weighted by Gasteiger charge is 2.29. The maximum Gasteiger partial charge on any atom is 0.266 e. The fraction of sp³-hybridized carbons (Fsp3) is 0.200. The maximum atomic E-state index is 12.3. The lowest BCUT2D eigenvalue weighted by molar-refractivity contribution is -0.121. The van der Waals surface area contributed by atoms with Crippen LogP contribution in [0.5, 0.6) is 11.5 Å². The molecule has 7 heteroatoms. The van der Waals surface area contributed by atoms with Crippen molar-refractivity contribution in [3.8, 4) is 11.5 Å². The summed E-state index contributed by atoms with van der Waals surface area (Å²) in [6.07, 6.45) is 1.84. The van der Waals surface area contributed by atoms with Crippen molar-refractivity contribution >= 4 is 44.8 Å². The molecule has 1 fully saturated rings.